The molecule has 2 atom stereocenters. The lowest BCUT2D eigenvalue weighted by Crippen LogP contribution is -2.16. The van der Waals surface area contributed by atoms with Crippen LogP contribution in [0.25, 0.3) is 0 Å². The minimum atomic E-state index is -0.529. The fourth-order valence-corrected chi connectivity index (χ4v) is 1.77. The Morgan fingerprint density at radius 1 is 1.54 bits per heavy atom. The van der Waals surface area contributed by atoms with Gasteiger partial charge in [0.2, 0.25) is 0 Å². The second-order valence-corrected chi connectivity index (χ2v) is 3.63. The number of halogens is 1. The van der Waals surface area contributed by atoms with E-state index in [2.05, 4.69) is 0 Å². The molecule has 0 saturated heterocycles. The van der Waals surface area contributed by atoms with Crippen molar-refractivity contribution < 1.29 is 9.84 Å². The standard InChI is InChI=1S/C10H11ClO2/c1-2-8-10(12)7-5-6(11)3-4-9(7)13-8/h3-5,8,10,12H,2H2,1H3. The zero-order valence-electron chi connectivity index (χ0n) is 7.33. The van der Waals surface area contributed by atoms with E-state index in [0.717, 1.165) is 17.7 Å². The van der Waals surface area contributed by atoms with Gasteiger partial charge < -0.3 is 9.84 Å². The van der Waals surface area contributed by atoms with Crippen molar-refractivity contribution in [2.24, 2.45) is 0 Å². The lowest BCUT2D eigenvalue weighted by molar-refractivity contribution is 0.0653. The quantitative estimate of drug-likeness (QED) is 0.752. The maximum Gasteiger partial charge on any atom is 0.129 e. The molecule has 1 heterocycles. The summed E-state index contributed by atoms with van der Waals surface area (Å²) < 4.78 is 5.51. The van der Waals surface area contributed by atoms with E-state index in [9.17, 15) is 5.11 Å². The van der Waals surface area contributed by atoms with E-state index in [4.69, 9.17) is 16.3 Å². The number of benzene rings is 1. The van der Waals surface area contributed by atoms with E-state index < -0.39 is 6.10 Å². The van der Waals surface area contributed by atoms with Crippen molar-refractivity contribution in [2.45, 2.75) is 25.6 Å². The lowest BCUT2D eigenvalue weighted by Gasteiger charge is -2.10. The summed E-state index contributed by atoms with van der Waals surface area (Å²) in [5, 5.41) is 10.4. The third-order valence-electron chi connectivity index (χ3n) is 2.32. The van der Waals surface area contributed by atoms with Crippen LogP contribution >= 0.6 is 11.6 Å². The number of rotatable bonds is 1. The van der Waals surface area contributed by atoms with Crippen LogP contribution in [0.5, 0.6) is 5.75 Å². The van der Waals surface area contributed by atoms with E-state index in [1.54, 1.807) is 18.2 Å². The Bertz CT molecular complexity index is 325. The predicted octanol–water partition coefficient (Wildman–Crippen LogP) is 2.54. The van der Waals surface area contributed by atoms with Crippen LogP contribution in [-0.2, 0) is 0 Å². The van der Waals surface area contributed by atoms with Crippen molar-refractivity contribution in [3.05, 3.63) is 28.8 Å². The van der Waals surface area contributed by atoms with Gasteiger partial charge in [-0.05, 0) is 24.6 Å². The molecule has 0 bridgehead atoms. The van der Waals surface area contributed by atoms with Gasteiger partial charge in [-0.3, -0.25) is 0 Å². The first kappa shape index (κ1) is 8.85. The van der Waals surface area contributed by atoms with Crippen LogP contribution in [0.2, 0.25) is 5.02 Å². The van der Waals surface area contributed by atoms with E-state index in [0.29, 0.717) is 5.02 Å². The second kappa shape index (κ2) is 3.20. The molecule has 70 valence electrons. The summed E-state index contributed by atoms with van der Waals surface area (Å²) >= 11 is 5.81. The van der Waals surface area contributed by atoms with Gasteiger partial charge >= 0.3 is 0 Å². The minimum absolute atomic E-state index is 0.117. The Labute approximate surface area is 82.1 Å². The molecule has 3 heteroatoms. The lowest BCUT2D eigenvalue weighted by atomic mass is 10.1. The number of hydrogen-bond acceptors (Lipinski definition) is 2. The van der Waals surface area contributed by atoms with E-state index in [1.807, 2.05) is 6.92 Å². The van der Waals surface area contributed by atoms with Gasteiger partial charge in [0.25, 0.3) is 0 Å². The smallest absolute Gasteiger partial charge is 0.129 e. The van der Waals surface area contributed by atoms with Crippen LogP contribution in [0, 0.1) is 0 Å². The SMILES string of the molecule is CCC1Oc2ccc(Cl)cc2C1O. The van der Waals surface area contributed by atoms with Crippen LogP contribution in [0.3, 0.4) is 0 Å². The highest BCUT2D eigenvalue weighted by atomic mass is 35.5. The summed E-state index contributed by atoms with van der Waals surface area (Å²) in [6, 6.07) is 5.33. The number of fused-ring (bicyclic) bond motifs is 1. The average molecular weight is 199 g/mol. The zero-order valence-corrected chi connectivity index (χ0v) is 8.08. The molecule has 1 aliphatic heterocycles. The summed E-state index contributed by atoms with van der Waals surface area (Å²) in [5.74, 6) is 0.753. The third-order valence-corrected chi connectivity index (χ3v) is 2.56. The fourth-order valence-electron chi connectivity index (χ4n) is 1.59. The Hall–Kier alpha value is -0.730. The first-order chi connectivity index (χ1) is 6.22. The summed E-state index contributed by atoms with van der Waals surface area (Å²) in [6.07, 6.45) is 0.153. The maximum atomic E-state index is 9.78. The first-order valence-corrected chi connectivity index (χ1v) is 4.74. The van der Waals surface area contributed by atoms with E-state index in [1.165, 1.54) is 0 Å². The molecule has 1 aliphatic rings. The first-order valence-electron chi connectivity index (χ1n) is 4.36. The Kier molecular flexibility index (Phi) is 2.18. The van der Waals surface area contributed by atoms with Gasteiger partial charge in [0.05, 0.1) is 0 Å². The highest BCUT2D eigenvalue weighted by Crippen LogP contribution is 2.38. The van der Waals surface area contributed by atoms with Crippen molar-refractivity contribution >= 4 is 11.6 Å². The normalized spacial score (nSPS) is 25.5. The molecule has 13 heavy (non-hydrogen) atoms. The van der Waals surface area contributed by atoms with Crippen LogP contribution in [0.15, 0.2) is 18.2 Å². The van der Waals surface area contributed by atoms with Crippen molar-refractivity contribution in [3.63, 3.8) is 0 Å². The van der Waals surface area contributed by atoms with Crippen LogP contribution in [0.4, 0.5) is 0 Å². The summed E-state index contributed by atoms with van der Waals surface area (Å²) in [7, 11) is 0. The van der Waals surface area contributed by atoms with Crippen molar-refractivity contribution in [1.29, 1.82) is 0 Å². The Morgan fingerprint density at radius 2 is 2.31 bits per heavy atom. The maximum absolute atomic E-state index is 9.78. The molecular weight excluding hydrogens is 188 g/mol. The number of hydrogen-bond donors (Lipinski definition) is 1. The molecule has 1 aromatic rings. The van der Waals surface area contributed by atoms with Crippen molar-refractivity contribution in [1.82, 2.24) is 0 Å². The monoisotopic (exact) mass is 198 g/mol. The topological polar surface area (TPSA) is 29.5 Å². The highest BCUT2D eigenvalue weighted by molar-refractivity contribution is 6.30. The van der Waals surface area contributed by atoms with Gasteiger partial charge in [0.15, 0.2) is 0 Å². The average Bonchev–Trinajstić information content (AvgIpc) is 2.44. The zero-order chi connectivity index (χ0) is 9.42. The Balaban J connectivity index is 2.39. The van der Waals surface area contributed by atoms with Crippen LogP contribution < -0.4 is 4.74 Å². The highest BCUT2D eigenvalue weighted by Gasteiger charge is 2.31. The summed E-state index contributed by atoms with van der Waals surface area (Å²) in [6.45, 7) is 1.99. The molecule has 0 radical (unpaired) electrons. The van der Waals surface area contributed by atoms with E-state index >= 15 is 0 Å². The van der Waals surface area contributed by atoms with Gasteiger partial charge in [-0.1, -0.05) is 18.5 Å². The van der Waals surface area contributed by atoms with Crippen LogP contribution in [0.1, 0.15) is 25.0 Å². The number of ether oxygens (including phenoxy) is 1. The van der Waals surface area contributed by atoms with E-state index in [-0.39, 0.29) is 6.10 Å². The van der Waals surface area contributed by atoms with Gasteiger partial charge in [-0.25, -0.2) is 0 Å². The molecule has 1 aromatic carbocycles. The van der Waals surface area contributed by atoms with Gasteiger partial charge in [-0.15, -0.1) is 0 Å². The van der Waals surface area contributed by atoms with Crippen LogP contribution in [-0.4, -0.2) is 11.2 Å². The predicted molar refractivity (Wildman–Crippen MR) is 51.1 cm³/mol. The summed E-state index contributed by atoms with van der Waals surface area (Å²) in [4.78, 5) is 0. The molecule has 0 aromatic heterocycles. The molecule has 0 amide bonds. The molecule has 0 saturated carbocycles. The Morgan fingerprint density at radius 3 is 3.00 bits per heavy atom. The number of aliphatic hydroxyl groups is 1. The largest absolute Gasteiger partial charge is 0.487 e. The minimum Gasteiger partial charge on any atom is -0.487 e. The van der Waals surface area contributed by atoms with Crippen molar-refractivity contribution in [3.8, 4) is 5.75 Å². The molecular formula is C10H11ClO2. The third kappa shape index (κ3) is 1.40. The molecule has 2 unspecified atom stereocenters. The molecule has 0 fully saturated rings. The van der Waals surface area contributed by atoms with Gasteiger partial charge in [-0.2, -0.15) is 0 Å². The molecule has 2 nitrogen and oxygen atoms in total. The molecule has 0 aliphatic carbocycles. The number of aliphatic hydroxyl groups excluding tert-OH is 1. The van der Waals surface area contributed by atoms with Gasteiger partial charge in [0, 0.05) is 10.6 Å². The molecule has 2 rings (SSSR count). The van der Waals surface area contributed by atoms with Crippen molar-refractivity contribution in [2.75, 3.05) is 0 Å². The molecule has 1 N–H and O–H groups in total. The summed E-state index contributed by atoms with van der Waals surface area (Å²) in [5.41, 5.74) is 0.805. The van der Waals surface area contributed by atoms with Gasteiger partial charge in [0.1, 0.15) is 18.0 Å². The molecule has 0 spiro atoms. The fraction of sp³-hybridized carbons (Fsp3) is 0.400. The second-order valence-electron chi connectivity index (χ2n) is 3.19.